The normalized spacial score (nSPS) is 12.6. The van der Waals surface area contributed by atoms with Gasteiger partial charge in [0, 0.05) is 13.1 Å². The maximum Gasteiger partial charge on any atom is 0.416 e. The number of benzene rings is 3. The van der Waals surface area contributed by atoms with Crippen LogP contribution in [-0.2, 0) is 32.3 Å². The number of nitrogens with one attached hydrogen (secondary N) is 1. The second kappa shape index (κ2) is 13.4. The van der Waals surface area contributed by atoms with Gasteiger partial charge in [0.15, 0.2) is 0 Å². The molecule has 0 spiro atoms. The standard InChI is InChI=1S/C31H36F3N3O4S/c1-21(2)18-35-30(39)24(5)36(19-25-10-7-6-9-23(25)4)29(38)20-37(27-12-8-11-26(17-27)31(32,33)34)42(40,41)28-15-13-22(3)14-16-28/h6-17,21,24H,18-20H2,1-5H3,(H,35,39). The molecular weight excluding hydrogens is 567 g/mol. The molecule has 1 N–H and O–H groups in total. The fraction of sp³-hybridized carbons (Fsp3) is 0.355. The number of sulfonamides is 1. The Hall–Kier alpha value is -3.86. The number of hydrogen-bond donors (Lipinski definition) is 1. The van der Waals surface area contributed by atoms with Crippen molar-refractivity contribution in [1.29, 1.82) is 0 Å². The predicted octanol–water partition coefficient (Wildman–Crippen LogP) is 5.71. The van der Waals surface area contributed by atoms with Gasteiger partial charge < -0.3 is 10.2 Å². The second-order valence-corrected chi connectivity index (χ2v) is 12.5. The fourth-order valence-corrected chi connectivity index (χ4v) is 5.62. The molecule has 42 heavy (non-hydrogen) atoms. The summed E-state index contributed by atoms with van der Waals surface area (Å²) in [6.45, 7) is 8.52. The van der Waals surface area contributed by atoms with E-state index in [9.17, 15) is 31.2 Å². The van der Waals surface area contributed by atoms with Crippen LogP contribution < -0.4 is 9.62 Å². The van der Waals surface area contributed by atoms with Crippen molar-refractivity contribution in [2.45, 2.75) is 58.3 Å². The van der Waals surface area contributed by atoms with Crippen LogP contribution in [0.4, 0.5) is 18.9 Å². The molecule has 0 heterocycles. The lowest BCUT2D eigenvalue weighted by Crippen LogP contribution is -2.51. The van der Waals surface area contributed by atoms with Gasteiger partial charge in [-0.3, -0.25) is 13.9 Å². The lowest BCUT2D eigenvalue weighted by atomic mass is 10.1. The van der Waals surface area contributed by atoms with Gasteiger partial charge >= 0.3 is 6.18 Å². The van der Waals surface area contributed by atoms with Crippen LogP contribution in [0, 0.1) is 19.8 Å². The van der Waals surface area contributed by atoms with Crippen LogP contribution >= 0.6 is 0 Å². The van der Waals surface area contributed by atoms with E-state index >= 15 is 0 Å². The van der Waals surface area contributed by atoms with Crippen LogP contribution in [-0.4, -0.2) is 44.3 Å². The summed E-state index contributed by atoms with van der Waals surface area (Å²) in [7, 11) is -4.49. The first-order valence-corrected chi connectivity index (χ1v) is 14.9. The van der Waals surface area contributed by atoms with Crippen LogP contribution in [0.5, 0.6) is 0 Å². The zero-order chi connectivity index (χ0) is 31.2. The lowest BCUT2D eigenvalue weighted by molar-refractivity contribution is -0.139. The fourth-order valence-electron chi connectivity index (χ4n) is 4.21. The van der Waals surface area contributed by atoms with Crippen molar-refractivity contribution in [3.05, 3.63) is 95.1 Å². The highest BCUT2D eigenvalue weighted by Crippen LogP contribution is 2.33. The zero-order valence-electron chi connectivity index (χ0n) is 24.3. The summed E-state index contributed by atoms with van der Waals surface area (Å²) >= 11 is 0. The monoisotopic (exact) mass is 603 g/mol. The van der Waals surface area contributed by atoms with E-state index in [4.69, 9.17) is 0 Å². The van der Waals surface area contributed by atoms with E-state index in [2.05, 4.69) is 5.32 Å². The number of aryl methyl sites for hydroxylation is 2. The molecule has 0 bridgehead atoms. The summed E-state index contributed by atoms with van der Waals surface area (Å²) in [4.78, 5) is 28.1. The molecular formula is C31H36F3N3O4S. The molecule has 3 aromatic rings. The van der Waals surface area contributed by atoms with Gasteiger partial charge in [-0.25, -0.2) is 8.42 Å². The molecule has 2 amide bonds. The van der Waals surface area contributed by atoms with Crippen molar-refractivity contribution in [1.82, 2.24) is 10.2 Å². The number of halogens is 3. The van der Waals surface area contributed by atoms with Crippen molar-refractivity contribution in [2.75, 3.05) is 17.4 Å². The smallest absolute Gasteiger partial charge is 0.354 e. The van der Waals surface area contributed by atoms with Crippen LogP contribution in [0.15, 0.2) is 77.7 Å². The Balaban J connectivity index is 2.09. The topological polar surface area (TPSA) is 86.8 Å². The molecule has 0 fully saturated rings. The van der Waals surface area contributed by atoms with Gasteiger partial charge in [0.05, 0.1) is 16.1 Å². The summed E-state index contributed by atoms with van der Waals surface area (Å²) in [5.41, 5.74) is 0.982. The number of anilines is 1. The van der Waals surface area contributed by atoms with Gasteiger partial charge in [0.25, 0.3) is 10.0 Å². The average Bonchev–Trinajstić information content (AvgIpc) is 2.93. The van der Waals surface area contributed by atoms with E-state index < -0.39 is 46.2 Å². The first-order valence-electron chi connectivity index (χ1n) is 13.5. The minimum absolute atomic E-state index is 0.0111. The molecule has 0 saturated heterocycles. The molecule has 1 atom stereocenters. The molecule has 11 heteroatoms. The summed E-state index contributed by atoms with van der Waals surface area (Å²) in [5.74, 6) is -1.03. The largest absolute Gasteiger partial charge is 0.416 e. The highest BCUT2D eigenvalue weighted by atomic mass is 32.2. The Labute approximate surface area is 245 Å². The van der Waals surface area contributed by atoms with E-state index in [1.165, 1.54) is 30.0 Å². The third kappa shape index (κ3) is 8.12. The van der Waals surface area contributed by atoms with E-state index in [-0.39, 0.29) is 23.0 Å². The van der Waals surface area contributed by atoms with Crippen molar-refractivity contribution in [3.8, 4) is 0 Å². The van der Waals surface area contributed by atoms with Gasteiger partial charge in [0.1, 0.15) is 12.6 Å². The minimum atomic E-state index is -4.74. The molecule has 0 aliphatic heterocycles. The Bertz CT molecular complexity index is 1510. The summed E-state index contributed by atoms with van der Waals surface area (Å²) in [6.07, 6.45) is -4.74. The molecule has 0 aliphatic rings. The van der Waals surface area contributed by atoms with E-state index in [0.717, 1.165) is 28.8 Å². The summed E-state index contributed by atoms with van der Waals surface area (Å²) in [6, 6.07) is 15.9. The van der Waals surface area contributed by atoms with Gasteiger partial charge in [-0.05, 0) is 68.1 Å². The summed E-state index contributed by atoms with van der Waals surface area (Å²) < 4.78 is 69.2. The molecule has 0 aromatic heterocycles. The third-order valence-electron chi connectivity index (χ3n) is 6.80. The van der Waals surface area contributed by atoms with Crippen LogP contribution in [0.2, 0.25) is 0 Å². The Kier molecular flexibility index (Phi) is 10.4. The number of amides is 2. The number of carbonyl (C=O) groups is 2. The molecule has 226 valence electrons. The molecule has 3 aromatic carbocycles. The maximum absolute atomic E-state index is 14.0. The summed E-state index contributed by atoms with van der Waals surface area (Å²) in [5, 5.41) is 2.80. The van der Waals surface area contributed by atoms with Crippen molar-refractivity contribution in [3.63, 3.8) is 0 Å². The van der Waals surface area contributed by atoms with E-state index in [1.807, 2.05) is 32.9 Å². The minimum Gasteiger partial charge on any atom is -0.354 e. The molecule has 0 saturated carbocycles. The molecule has 7 nitrogen and oxygen atoms in total. The van der Waals surface area contributed by atoms with Crippen molar-refractivity contribution in [2.24, 2.45) is 5.92 Å². The highest BCUT2D eigenvalue weighted by Gasteiger charge is 2.35. The molecule has 3 rings (SSSR count). The van der Waals surface area contributed by atoms with Crippen LogP contribution in [0.3, 0.4) is 0 Å². The average molecular weight is 604 g/mol. The number of nitrogens with zero attached hydrogens (tertiary/aromatic N) is 2. The van der Waals surface area contributed by atoms with Crippen molar-refractivity contribution >= 4 is 27.5 Å². The van der Waals surface area contributed by atoms with Gasteiger partial charge in [-0.2, -0.15) is 13.2 Å². The van der Waals surface area contributed by atoms with Gasteiger partial charge in [0.2, 0.25) is 11.8 Å². The SMILES string of the molecule is Cc1ccc(S(=O)(=O)N(CC(=O)N(Cc2ccccc2C)C(C)C(=O)NCC(C)C)c2cccc(C(F)(F)F)c2)cc1. The quantitative estimate of drug-likeness (QED) is 0.304. The maximum atomic E-state index is 14.0. The number of rotatable bonds is 11. The first kappa shape index (κ1) is 32.7. The number of alkyl halides is 3. The lowest BCUT2D eigenvalue weighted by Gasteiger charge is -2.32. The van der Waals surface area contributed by atoms with Gasteiger partial charge in [-0.1, -0.05) is 61.9 Å². The van der Waals surface area contributed by atoms with Gasteiger partial charge in [-0.15, -0.1) is 0 Å². The first-order chi connectivity index (χ1) is 19.6. The van der Waals surface area contributed by atoms with Crippen molar-refractivity contribution < 1.29 is 31.2 Å². The molecule has 0 radical (unpaired) electrons. The molecule has 0 aliphatic carbocycles. The Morgan fingerprint density at radius 1 is 0.905 bits per heavy atom. The second-order valence-electron chi connectivity index (χ2n) is 10.6. The van der Waals surface area contributed by atoms with Crippen LogP contribution in [0.25, 0.3) is 0 Å². The third-order valence-corrected chi connectivity index (χ3v) is 8.59. The zero-order valence-corrected chi connectivity index (χ0v) is 25.1. The number of carbonyl (C=O) groups excluding carboxylic acids is 2. The Morgan fingerprint density at radius 3 is 2.14 bits per heavy atom. The Morgan fingerprint density at radius 2 is 1.55 bits per heavy atom. The molecule has 1 unspecified atom stereocenters. The predicted molar refractivity (Wildman–Crippen MR) is 156 cm³/mol. The van der Waals surface area contributed by atoms with Crippen LogP contribution in [0.1, 0.15) is 43.0 Å². The highest BCUT2D eigenvalue weighted by molar-refractivity contribution is 7.92. The van der Waals surface area contributed by atoms with E-state index in [0.29, 0.717) is 16.9 Å². The number of hydrogen-bond acceptors (Lipinski definition) is 4. The van der Waals surface area contributed by atoms with E-state index in [1.54, 1.807) is 31.2 Å².